The zero-order chi connectivity index (χ0) is 19.8. The van der Waals surface area contributed by atoms with E-state index < -0.39 is 29.2 Å². The molecule has 2 bridgehead atoms. The lowest BCUT2D eigenvalue weighted by Gasteiger charge is -2.64. The van der Waals surface area contributed by atoms with E-state index in [0.717, 1.165) is 24.1 Å². The van der Waals surface area contributed by atoms with Gasteiger partial charge in [0.2, 0.25) is 0 Å². The fourth-order valence-corrected chi connectivity index (χ4v) is 6.38. The first-order valence-corrected chi connectivity index (χ1v) is 9.89. The lowest BCUT2D eigenvalue weighted by atomic mass is 9.48. The van der Waals surface area contributed by atoms with Crippen LogP contribution in [0.2, 0.25) is 0 Å². The maximum Gasteiger partial charge on any atom is 0.308 e. The van der Waals surface area contributed by atoms with Gasteiger partial charge in [0, 0.05) is 19.4 Å². The van der Waals surface area contributed by atoms with Crippen molar-refractivity contribution in [3.8, 4) is 11.5 Å². The fourth-order valence-electron chi connectivity index (χ4n) is 6.38. The van der Waals surface area contributed by atoms with E-state index in [1.807, 2.05) is 6.07 Å². The molecule has 1 aromatic carbocycles. The van der Waals surface area contributed by atoms with Crippen molar-refractivity contribution in [3.63, 3.8) is 0 Å². The van der Waals surface area contributed by atoms with Crippen molar-refractivity contribution in [1.82, 2.24) is 4.90 Å². The number of ether oxygens (including phenoxy) is 3. The molecule has 1 spiro atoms. The minimum atomic E-state index is -0.761. The highest BCUT2D eigenvalue weighted by atomic mass is 16.6. The van der Waals surface area contributed by atoms with Crippen molar-refractivity contribution < 1.29 is 28.9 Å². The minimum Gasteiger partial charge on any atom is -0.482 e. The van der Waals surface area contributed by atoms with Crippen LogP contribution in [0.25, 0.3) is 0 Å². The molecule has 7 nitrogen and oxygen atoms in total. The summed E-state index contributed by atoms with van der Waals surface area (Å²) in [4.78, 5) is 26.1. The van der Waals surface area contributed by atoms with Gasteiger partial charge in [0.1, 0.15) is 11.7 Å². The van der Waals surface area contributed by atoms with Crippen molar-refractivity contribution in [2.24, 2.45) is 0 Å². The standard InChI is InChI=1S/C21H25NO6/c1-11(23)26-15-5-4-13-10-16-21(28-12(2)24)7-6-14(25)19-20(21,8-9-22(16)3)17(13)18(15)27-19/h4-5,14,16,19,25H,6-10H2,1-3H3/t14?,16?,19-,20-,21+/m0/s1. The normalized spacial score (nSPS) is 37.6. The van der Waals surface area contributed by atoms with E-state index >= 15 is 0 Å². The van der Waals surface area contributed by atoms with Gasteiger partial charge in [-0.25, -0.2) is 0 Å². The van der Waals surface area contributed by atoms with Gasteiger partial charge >= 0.3 is 11.9 Å². The highest BCUT2D eigenvalue weighted by molar-refractivity contribution is 5.73. The number of piperidine rings is 1. The average Bonchev–Trinajstić information content (AvgIpc) is 2.97. The number of aliphatic hydroxyl groups is 1. The molecule has 2 aliphatic carbocycles. The molecule has 4 aliphatic rings. The van der Waals surface area contributed by atoms with E-state index in [2.05, 4.69) is 11.9 Å². The third-order valence-corrected chi connectivity index (χ3v) is 7.22. The second-order valence-electron chi connectivity index (χ2n) is 8.57. The molecule has 5 atom stereocenters. The van der Waals surface area contributed by atoms with Gasteiger partial charge < -0.3 is 19.3 Å². The number of likely N-dealkylation sites (tertiary alicyclic amines) is 1. The lowest BCUT2D eigenvalue weighted by molar-refractivity contribution is -0.226. The average molecular weight is 387 g/mol. The van der Waals surface area contributed by atoms with Crippen LogP contribution in [0.5, 0.6) is 11.5 Å². The second-order valence-corrected chi connectivity index (χ2v) is 8.57. The largest absolute Gasteiger partial charge is 0.482 e. The topological polar surface area (TPSA) is 85.3 Å². The molecule has 1 aromatic rings. The molecule has 1 saturated carbocycles. The van der Waals surface area contributed by atoms with E-state index in [1.54, 1.807) is 6.07 Å². The molecule has 7 heteroatoms. The van der Waals surface area contributed by atoms with Gasteiger partial charge in [0.05, 0.1) is 17.6 Å². The Hall–Kier alpha value is -2.12. The van der Waals surface area contributed by atoms with E-state index in [9.17, 15) is 14.7 Å². The molecule has 28 heavy (non-hydrogen) atoms. The summed E-state index contributed by atoms with van der Waals surface area (Å²) >= 11 is 0. The number of hydrogen-bond acceptors (Lipinski definition) is 7. The summed E-state index contributed by atoms with van der Waals surface area (Å²) in [7, 11) is 2.07. The summed E-state index contributed by atoms with van der Waals surface area (Å²) < 4.78 is 17.9. The summed E-state index contributed by atoms with van der Waals surface area (Å²) in [6.45, 7) is 3.62. The van der Waals surface area contributed by atoms with Crippen LogP contribution in [0.1, 0.15) is 44.2 Å². The summed E-state index contributed by atoms with van der Waals surface area (Å²) in [5.74, 6) is 0.161. The summed E-state index contributed by atoms with van der Waals surface area (Å²) in [5.41, 5.74) is 0.678. The van der Waals surface area contributed by atoms with Crippen LogP contribution >= 0.6 is 0 Å². The van der Waals surface area contributed by atoms with Gasteiger partial charge in [-0.05, 0) is 50.9 Å². The first-order chi connectivity index (χ1) is 13.3. The van der Waals surface area contributed by atoms with Crippen molar-refractivity contribution in [2.45, 2.75) is 68.8 Å². The number of likely N-dealkylation sites (N-methyl/N-ethyl adjacent to an activating group) is 1. The van der Waals surface area contributed by atoms with Crippen molar-refractivity contribution in [3.05, 3.63) is 23.3 Å². The van der Waals surface area contributed by atoms with Crippen LogP contribution in [0.4, 0.5) is 0 Å². The summed E-state index contributed by atoms with van der Waals surface area (Å²) in [6, 6.07) is 3.77. The molecular weight excluding hydrogens is 362 g/mol. The van der Waals surface area contributed by atoms with Crippen LogP contribution in [0, 0.1) is 0 Å². The number of aliphatic hydroxyl groups excluding tert-OH is 1. The van der Waals surface area contributed by atoms with E-state index in [1.165, 1.54) is 13.8 Å². The number of carbonyl (C=O) groups is 2. The Morgan fingerprint density at radius 1 is 1.25 bits per heavy atom. The minimum absolute atomic E-state index is 0.0155. The maximum atomic E-state index is 12.2. The van der Waals surface area contributed by atoms with Gasteiger partial charge in [0.15, 0.2) is 11.5 Å². The first-order valence-electron chi connectivity index (χ1n) is 9.89. The first kappa shape index (κ1) is 17.9. The quantitative estimate of drug-likeness (QED) is 0.605. The summed E-state index contributed by atoms with van der Waals surface area (Å²) in [5, 5.41) is 10.9. The Labute approximate surface area is 163 Å². The van der Waals surface area contributed by atoms with Gasteiger partial charge in [-0.2, -0.15) is 0 Å². The van der Waals surface area contributed by atoms with Crippen LogP contribution in [-0.4, -0.2) is 59.4 Å². The Morgan fingerprint density at radius 3 is 2.75 bits per heavy atom. The highest BCUT2D eigenvalue weighted by Crippen LogP contribution is 2.66. The van der Waals surface area contributed by atoms with Crippen LogP contribution in [0.3, 0.4) is 0 Å². The third kappa shape index (κ3) is 2.01. The highest BCUT2D eigenvalue weighted by Gasteiger charge is 2.74. The molecule has 0 amide bonds. The smallest absolute Gasteiger partial charge is 0.308 e. The van der Waals surface area contributed by atoms with Crippen LogP contribution < -0.4 is 9.47 Å². The van der Waals surface area contributed by atoms with Crippen molar-refractivity contribution in [1.29, 1.82) is 0 Å². The Balaban J connectivity index is 1.80. The zero-order valence-corrected chi connectivity index (χ0v) is 16.4. The maximum absolute atomic E-state index is 12.2. The zero-order valence-electron chi connectivity index (χ0n) is 16.4. The predicted octanol–water partition coefficient (Wildman–Crippen LogP) is 1.33. The molecular formula is C21H25NO6. The van der Waals surface area contributed by atoms with E-state index in [4.69, 9.17) is 14.2 Å². The number of nitrogens with zero attached hydrogens (tertiary/aromatic N) is 1. The molecule has 2 heterocycles. The Kier molecular flexibility index (Phi) is 3.65. The van der Waals surface area contributed by atoms with Crippen LogP contribution in [-0.2, 0) is 26.2 Å². The summed E-state index contributed by atoms with van der Waals surface area (Å²) in [6.07, 6.45) is 1.31. The fraction of sp³-hybridized carbons (Fsp3) is 0.619. The molecule has 0 aromatic heterocycles. The number of hydrogen-bond donors (Lipinski definition) is 1. The number of carbonyl (C=O) groups excluding carboxylic acids is 2. The Morgan fingerprint density at radius 2 is 2.04 bits per heavy atom. The van der Waals surface area contributed by atoms with Gasteiger partial charge in [0.25, 0.3) is 0 Å². The lowest BCUT2D eigenvalue weighted by Crippen LogP contribution is -2.77. The second kappa shape index (κ2) is 5.70. The van der Waals surface area contributed by atoms with Gasteiger partial charge in [-0.1, -0.05) is 6.07 Å². The molecule has 2 fully saturated rings. The molecule has 1 saturated heterocycles. The van der Waals surface area contributed by atoms with E-state index in [-0.39, 0.29) is 12.0 Å². The van der Waals surface area contributed by atoms with E-state index in [0.29, 0.717) is 30.8 Å². The molecule has 5 rings (SSSR count). The Bertz CT molecular complexity index is 884. The third-order valence-electron chi connectivity index (χ3n) is 7.22. The predicted molar refractivity (Wildman–Crippen MR) is 98.3 cm³/mol. The number of esters is 2. The monoisotopic (exact) mass is 387 g/mol. The molecule has 1 N–H and O–H groups in total. The molecule has 2 aliphatic heterocycles. The van der Waals surface area contributed by atoms with Crippen LogP contribution in [0.15, 0.2) is 12.1 Å². The SMILES string of the molecule is CC(=O)Oc1ccc2c3c1O[C@H]1C(O)CC[C@@]4(OC(C)=O)C(C2)N(C)CC[C@]314. The molecule has 2 unspecified atom stereocenters. The number of rotatable bonds is 2. The van der Waals surface area contributed by atoms with Crippen molar-refractivity contribution >= 4 is 11.9 Å². The van der Waals surface area contributed by atoms with Gasteiger partial charge in [-0.15, -0.1) is 0 Å². The van der Waals surface area contributed by atoms with Gasteiger partial charge in [-0.3, -0.25) is 14.5 Å². The number of benzene rings is 1. The molecule has 0 radical (unpaired) electrons. The molecule has 150 valence electrons. The van der Waals surface area contributed by atoms with Crippen molar-refractivity contribution in [2.75, 3.05) is 13.6 Å².